The highest BCUT2D eigenvalue weighted by atomic mass is 35.5. The fraction of sp³-hybridized carbons (Fsp3) is 0.292. The molecule has 5 heterocycles. The molecule has 0 radical (unpaired) electrons. The lowest BCUT2D eigenvalue weighted by atomic mass is 10.1. The van der Waals surface area contributed by atoms with Gasteiger partial charge in [0.2, 0.25) is 5.88 Å². The predicted molar refractivity (Wildman–Crippen MR) is 130 cm³/mol. The minimum absolute atomic E-state index is 0.156. The topological polar surface area (TPSA) is 100 Å². The third-order valence-corrected chi connectivity index (χ3v) is 6.03. The Hall–Kier alpha value is -3.56. The van der Waals surface area contributed by atoms with Crippen LogP contribution in [0.5, 0.6) is 17.4 Å². The molecule has 0 bridgehead atoms. The van der Waals surface area contributed by atoms with Crippen molar-refractivity contribution in [1.29, 1.82) is 0 Å². The molecule has 1 saturated heterocycles. The van der Waals surface area contributed by atoms with Crippen LogP contribution >= 0.6 is 11.6 Å². The summed E-state index contributed by atoms with van der Waals surface area (Å²) in [4.78, 5) is 11.0. The standard InChI is InChI=1S/C24H25ClN6O3/c1-3-33-17-8-18(24-19(25)11-29-31(24)12-17)15-4-6-22(27-9-15)30-13-20(26)21(14-30)34-16-5-7-23(32-2)28-10-16/h4-12,20-21H,3,13-14,26H2,1-2H3/t20-,21-/m0/s1. The highest BCUT2D eigenvalue weighted by molar-refractivity contribution is 6.34. The number of anilines is 1. The van der Waals surface area contributed by atoms with Crippen LogP contribution in [-0.4, -0.2) is 58.5 Å². The van der Waals surface area contributed by atoms with E-state index in [0.717, 1.165) is 22.5 Å². The number of methoxy groups -OCH3 is 1. The van der Waals surface area contributed by atoms with E-state index in [1.165, 1.54) is 0 Å². The van der Waals surface area contributed by atoms with Crippen LogP contribution in [-0.2, 0) is 0 Å². The van der Waals surface area contributed by atoms with Gasteiger partial charge in [0, 0.05) is 29.9 Å². The number of pyridine rings is 3. The Labute approximate surface area is 202 Å². The van der Waals surface area contributed by atoms with Crippen LogP contribution in [0.4, 0.5) is 5.82 Å². The summed E-state index contributed by atoms with van der Waals surface area (Å²) >= 11 is 6.42. The average Bonchev–Trinajstić information content (AvgIpc) is 3.41. The molecule has 2 N–H and O–H groups in total. The van der Waals surface area contributed by atoms with Gasteiger partial charge in [-0.3, -0.25) is 0 Å². The maximum Gasteiger partial charge on any atom is 0.213 e. The van der Waals surface area contributed by atoms with E-state index in [4.69, 9.17) is 36.5 Å². The first-order valence-electron chi connectivity index (χ1n) is 11.0. The van der Waals surface area contributed by atoms with Crippen LogP contribution < -0.4 is 24.8 Å². The molecule has 0 unspecified atom stereocenters. The number of hydrogen-bond donors (Lipinski definition) is 1. The molecule has 34 heavy (non-hydrogen) atoms. The van der Waals surface area contributed by atoms with E-state index < -0.39 is 0 Å². The van der Waals surface area contributed by atoms with E-state index in [1.54, 1.807) is 30.1 Å². The van der Waals surface area contributed by atoms with Crippen LogP contribution in [0.2, 0.25) is 5.02 Å². The molecule has 0 aromatic carbocycles. The van der Waals surface area contributed by atoms with Crippen molar-refractivity contribution in [3.05, 3.63) is 60.1 Å². The lowest BCUT2D eigenvalue weighted by Gasteiger charge is -2.18. The van der Waals surface area contributed by atoms with Crippen molar-refractivity contribution in [2.45, 2.75) is 19.1 Å². The summed E-state index contributed by atoms with van der Waals surface area (Å²) < 4.78 is 18.6. The molecule has 0 spiro atoms. The Morgan fingerprint density at radius 3 is 2.68 bits per heavy atom. The van der Waals surface area contributed by atoms with Crippen LogP contribution in [0.1, 0.15) is 6.92 Å². The van der Waals surface area contributed by atoms with Crippen molar-refractivity contribution < 1.29 is 14.2 Å². The van der Waals surface area contributed by atoms with Gasteiger partial charge in [-0.25, -0.2) is 14.5 Å². The summed E-state index contributed by atoms with van der Waals surface area (Å²) in [5.74, 6) is 2.74. The van der Waals surface area contributed by atoms with E-state index in [0.29, 0.717) is 42.1 Å². The molecule has 10 heteroatoms. The predicted octanol–water partition coefficient (Wildman–Crippen LogP) is 3.45. The number of hydrogen-bond acceptors (Lipinski definition) is 8. The number of nitrogens with zero attached hydrogens (tertiary/aromatic N) is 5. The van der Waals surface area contributed by atoms with E-state index >= 15 is 0 Å². The first kappa shape index (κ1) is 22.2. The second-order valence-electron chi connectivity index (χ2n) is 7.97. The monoisotopic (exact) mass is 480 g/mol. The number of rotatable bonds is 7. The zero-order valence-corrected chi connectivity index (χ0v) is 19.6. The fourth-order valence-corrected chi connectivity index (χ4v) is 4.33. The second-order valence-corrected chi connectivity index (χ2v) is 8.38. The smallest absolute Gasteiger partial charge is 0.213 e. The van der Waals surface area contributed by atoms with Crippen molar-refractivity contribution in [2.75, 3.05) is 31.7 Å². The van der Waals surface area contributed by atoms with Gasteiger partial charge in [0.05, 0.1) is 55.4 Å². The normalized spacial score (nSPS) is 17.8. The highest BCUT2D eigenvalue weighted by Gasteiger charge is 2.32. The largest absolute Gasteiger partial charge is 0.492 e. The third kappa shape index (κ3) is 4.32. The van der Waals surface area contributed by atoms with Gasteiger partial charge in [-0.15, -0.1) is 0 Å². The van der Waals surface area contributed by atoms with Gasteiger partial charge in [0.15, 0.2) is 0 Å². The molecule has 1 aliphatic heterocycles. The van der Waals surface area contributed by atoms with Gasteiger partial charge in [0.25, 0.3) is 0 Å². The van der Waals surface area contributed by atoms with Crippen LogP contribution in [0, 0.1) is 0 Å². The Balaban J connectivity index is 1.35. The third-order valence-electron chi connectivity index (χ3n) is 5.75. The van der Waals surface area contributed by atoms with E-state index in [2.05, 4.69) is 15.0 Å². The number of ether oxygens (including phenoxy) is 3. The molecule has 5 rings (SSSR count). The van der Waals surface area contributed by atoms with Crippen molar-refractivity contribution in [3.63, 3.8) is 0 Å². The Bertz CT molecular complexity index is 1280. The second kappa shape index (κ2) is 9.36. The molecule has 176 valence electrons. The Morgan fingerprint density at radius 2 is 1.97 bits per heavy atom. The van der Waals surface area contributed by atoms with E-state index in [-0.39, 0.29) is 12.1 Å². The first-order chi connectivity index (χ1) is 16.6. The van der Waals surface area contributed by atoms with Crippen molar-refractivity contribution in [1.82, 2.24) is 19.6 Å². The zero-order chi connectivity index (χ0) is 23.7. The van der Waals surface area contributed by atoms with Crippen molar-refractivity contribution >= 4 is 22.9 Å². The summed E-state index contributed by atoms with van der Waals surface area (Å²) in [5.41, 5.74) is 8.99. The Morgan fingerprint density at radius 1 is 1.09 bits per heavy atom. The summed E-state index contributed by atoms with van der Waals surface area (Å²) in [6.45, 7) is 3.76. The maximum atomic E-state index is 6.42. The van der Waals surface area contributed by atoms with E-state index in [1.807, 2.05) is 43.6 Å². The maximum absolute atomic E-state index is 6.42. The lowest BCUT2D eigenvalue weighted by molar-refractivity contribution is 0.205. The van der Waals surface area contributed by atoms with Crippen molar-refractivity contribution in [3.8, 4) is 28.5 Å². The van der Waals surface area contributed by atoms with Crippen LogP contribution in [0.15, 0.2) is 55.1 Å². The van der Waals surface area contributed by atoms with Gasteiger partial charge in [0.1, 0.15) is 23.4 Å². The molecule has 4 aromatic heterocycles. The molecule has 1 fully saturated rings. The molecule has 0 saturated carbocycles. The van der Waals surface area contributed by atoms with Gasteiger partial charge < -0.3 is 24.8 Å². The highest BCUT2D eigenvalue weighted by Crippen LogP contribution is 2.33. The molecule has 2 atom stereocenters. The molecule has 4 aromatic rings. The van der Waals surface area contributed by atoms with Crippen molar-refractivity contribution in [2.24, 2.45) is 5.73 Å². The number of halogens is 1. The number of nitrogens with two attached hydrogens (primary N) is 1. The Kier molecular flexibility index (Phi) is 6.12. The number of fused-ring (bicyclic) bond motifs is 1. The van der Waals surface area contributed by atoms with Gasteiger partial charge >= 0.3 is 0 Å². The average molecular weight is 481 g/mol. The number of aromatic nitrogens is 4. The quantitative estimate of drug-likeness (QED) is 0.429. The molecule has 0 aliphatic carbocycles. The SMILES string of the molecule is CCOc1cc(-c2ccc(N3C[C@H](Oc4ccc(OC)nc4)[C@@H](N)C3)nc2)c2c(Cl)cnn2c1. The first-order valence-corrected chi connectivity index (χ1v) is 11.4. The van der Waals surface area contributed by atoms with Crippen LogP contribution in [0.3, 0.4) is 0 Å². The summed E-state index contributed by atoms with van der Waals surface area (Å²) in [6, 6.07) is 9.39. The molecular weight excluding hydrogens is 456 g/mol. The molecule has 0 amide bonds. The van der Waals surface area contributed by atoms with Crippen LogP contribution in [0.25, 0.3) is 16.6 Å². The lowest BCUT2D eigenvalue weighted by Crippen LogP contribution is -2.37. The molecule has 9 nitrogen and oxygen atoms in total. The summed E-state index contributed by atoms with van der Waals surface area (Å²) in [6.07, 6.45) is 6.74. The van der Waals surface area contributed by atoms with E-state index in [9.17, 15) is 0 Å². The minimum Gasteiger partial charge on any atom is -0.492 e. The summed E-state index contributed by atoms with van der Waals surface area (Å²) in [5, 5.41) is 4.90. The zero-order valence-electron chi connectivity index (χ0n) is 18.9. The fourth-order valence-electron chi connectivity index (χ4n) is 4.10. The molecular formula is C24H25ClN6O3. The minimum atomic E-state index is -0.176. The van der Waals surface area contributed by atoms with Gasteiger partial charge in [-0.1, -0.05) is 11.6 Å². The summed E-state index contributed by atoms with van der Waals surface area (Å²) in [7, 11) is 1.58. The van der Waals surface area contributed by atoms with Gasteiger partial charge in [-0.2, -0.15) is 5.10 Å². The molecule has 1 aliphatic rings. The van der Waals surface area contributed by atoms with Gasteiger partial charge in [-0.05, 0) is 31.2 Å².